The first-order valence-electron chi connectivity index (χ1n) is 6.58. The molecule has 0 saturated heterocycles. The molecule has 2 rings (SSSR count). The zero-order valence-electron chi connectivity index (χ0n) is 11.7. The number of nitrogens with one attached hydrogen (secondary N) is 1. The Morgan fingerprint density at radius 3 is 2.75 bits per heavy atom. The number of carbonyl (C=O) groups is 1. The van der Waals surface area contributed by atoms with Gasteiger partial charge in [-0.15, -0.1) is 0 Å². The summed E-state index contributed by atoms with van der Waals surface area (Å²) in [6.45, 7) is 0. The number of oxime groups is 1. The second-order valence-electron chi connectivity index (χ2n) is 5.26. The largest absolute Gasteiger partial charge is 0.409 e. The number of carbonyl (C=O) groups excluding carboxylic acids is 1. The predicted molar refractivity (Wildman–Crippen MR) is 78.2 cm³/mol. The lowest BCUT2D eigenvalue weighted by Gasteiger charge is -2.18. The molecule has 1 unspecified atom stereocenters. The van der Waals surface area contributed by atoms with Crippen LogP contribution in [0.15, 0.2) is 29.4 Å². The zero-order valence-corrected chi connectivity index (χ0v) is 11.7. The maximum absolute atomic E-state index is 12.3. The third-order valence-corrected chi connectivity index (χ3v) is 3.44. The Balaban J connectivity index is 2.12. The molecular formula is C14H20N4O2. The fraction of sp³-hybridized carbons (Fsp3) is 0.429. The van der Waals surface area contributed by atoms with Crippen molar-refractivity contribution in [3.63, 3.8) is 0 Å². The van der Waals surface area contributed by atoms with Crippen LogP contribution in [0.5, 0.6) is 0 Å². The van der Waals surface area contributed by atoms with Crippen LogP contribution in [0, 0.1) is 5.92 Å². The SMILES string of the molecule is CN(C)c1cccc(C(=O)NC(C(N)=NO)C2CC2)c1. The molecule has 1 amide bonds. The highest BCUT2D eigenvalue weighted by molar-refractivity contribution is 5.99. The van der Waals surface area contributed by atoms with Crippen LogP contribution in [0.25, 0.3) is 0 Å². The molecule has 1 aliphatic carbocycles. The highest BCUT2D eigenvalue weighted by Crippen LogP contribution is 2.32. The number of hydrogen-bond donors (Lipinski definition) is 3. The molecule has 6 heteroatoms. The molecule has 0 radical (unpaired) electrons. The van der Waals surface area contributed by atoms with Gasteiger partial charge in [0, 0.05) is 25.3 Å². The third kappa shape index (κ3) is 3.20. The predicted octanol–water partition coefficient (Wildman–Crippen LogP) is 1.01. The lowest BCUT2D eigenvalue weighted by atomic mass is 10.1. The van der Waals surface area contributed by atoms with Gasteiger partial charge in [-0.25, -0.2) is 0 Å². The number of nitrogens with two attached hydrogens (primary N) is 1. The molecule has 20 heavy (non-hydrogen) atoms. The molecule has 1 aromatic rings. The van der Waals surface area contributed by atoms with Gasteiger partial charge in [-0.3, -0.25) is 4.79 Å². The Bertz CT molecular complexity index is 524. The van der Waals surface area contributed by atoms with Crippen LogP contribution in [0.1, 0.15) is 23.2 Å². The minimum absolute atomic E-state index is 0.0598. The normalized spacial score (nSPS) is 16.6. The lowest BCUT2D eigenvalue weighted by molar-refractivity contribution is 0.0943. The summed E-state index contributed by atoms with van der Waals surface area (Å²) in [4.78, 5) is 14.2. The molecule has 4 N–H and O–H groups in total. The summed E-state index contributed by atoms with van der Waals surface area (Å²) in [6, 6.07) is 6.93. The minimum atomic E-state index is -0.393. The van der Waals surface area contributed by atoms with Crippen LogP contribution in [0.4, 0.5) is 5.69 Å². The Kier molecular flexibility index (Phi) is 4.12. The van der Waals surface area contributed by atoms with Crippen molar-refractivity contribution in [3.8, 4) is 0 Å². The first kappa shape index (κ1) is 14.2. The molecule has 1 aliphatic rings. The van der Waals surface area contributed by atoms with E-state index in [-0.39, 0.29) is 17.7 Å². The van der Waals surface area contributed by atoms with Crippen LogP contribution in [-0.2, 0) is 0 Å². The Hall–Kier alpha value is -2.24. The van der Waals surface area contributed by atoms with E-state index in [1.54, 1.807) is 6.07 Å². The van der Waals surface area contributed by atoms with Gasteiger partial charge in [0.05, 0.1) is 6.04 Å². The van der Waals surface area contributed by atoms with E-state index in [4.69, 9.17) is 10.9 Å². The molecular weight excluding hydrogens is 256 g/mol. The van der Waals surface area contributed by atoms with Gasteiger partial charge in [-0.1, -0.05) is 11.2 Å². The standard InChI is InChI=1S/C14H20N4O2/c1-18(2)11-5-3-4-10(8-11)14(19)16-12(9-6-7-9)13(15)17-20/h3-5,8-9,12,20H,6-7H2,1-2H3,(H2,15,17)(H,16,19). The van der Waals surface area contributed by atoms with E-state index in [9.17, 15) is 4.79 Å². The van der Waals surface area contributed by atoms with Crippen LogP contribution in [0.3, 0.4) is 0 Å². The van der Waals surface area contributed by atoms with Crippen molar-refractivity contribution in [1.82, 2.24) is 5.32 Å². The monoisotopic (exact) mass is 276 g/mol. The van der Waals surface area contributed by atoms with Gasteiger partial charge < -0.3 is 21.2 Å². The van der Waals surface area contributed by atoms with Crippen LogP contribution < -0.4 is 16.0 Å². The molecule has 1 saturated carbocycles. The number of hydrogen-bond acceptors (Lipinski definition) is 4. The molecule has 0 heterocycles. The van der Waals surface area contributed by atoms with Crippen molar-refractivity contribution in [1.29, 1.82) is 0 Å². The van der Waals surface area contributed by atoms with Crippen molar-refractivity contribution in [2.45, 2.75) is 18.9 Å². The third-order valence-electron chi connectivity index (χ3n) is 3.44. The number of nitrogens with zero attached hydrogens (tertiary/aromatic N) is 2. The molecule has 0 spiro atoms. The molecule has 0 aromatic heterocycles. The van der Waals surface area contributed by atoms with Gasteiger partial charge in [-0.05, 0) is 37.0 Å². The average Bonchev–Trinajstić information content (AvgIpc) is 3.28. The highest BCUT2D eigenvalue weighted by Gasteiger charge is 2.35. The number of amidine groups is 1. The fourth-order valence-electron chi connectivity index (χ4n) is 2.07. The Morgan fingerprint density at radius 2 is 2.20 bits per heavy atom. The average molecular weight is 276 g/mol. The smallest absolute Gasteiger partial charge is 0.251 e. The van der Waals surface area contributed by atoms with Gasteiger partial charge in [0.2, 0.25) is 0 Å². The Morgan fingerprint density at radius 1 is 1.50 bits per heavy atom. The minimum Gasteiger partial charge on any atom is -0.409 e. The summed E-state index contributed by atoms with van der Waals surface area (Å²) in [7, 11) is 3.83. The van der Waals surface area contributed by atoms with Crippen molar-refractivity contribution < 1.29 is 10.0 Å². The maximum Gasteiger partial charge on any atom is 0.251 e. The van der Waals surface area contributed by atoms with E-state index in [1.807, 2.05) is 37.2 Å². The molecule has 1 fully saturated rings. The number of amides is 1. The van der Waals surface area contributed by atoms with E-state index in [0.29, 0.717) is 5.56 Å². The van der Waals surface area contributed by atoms with E-state index in [1.165, 1.54) is 0 Å². The van der Waals surface area contributed by atoms with Crippen LogP contribution in [-0.4, -0.2) is 37.1 Å². The zero-order chi connectivity index (χ0) is 14.7. The number of anilines is 1. The van der Waals surface area contributed by atoms with E-state index < -0.39 is 6.04 Å². The maximum atomic E-state index is 12.3. The molecule has 0 bridgehead atoms. The van der Waals surface area contributed by atoms with E-state index >= 15 is 0 Å². The molecule has 1 atom stereocenters. The molecule has 6 nitrogen and oxygen atoms in total. The molecule has 1 aromatic carbocycles. The summed E-state index contributed by atoms with van der Waals surface area (Å²) >= 11 is 0. The first-order valence-corrected chi connectivity index (χ1v) is 6.58. The first-order chi connectivity index (χ1) is 9.52. The van der Waals surface area contributed by atoms with Gasteiger partial charge in [-0.2, -0.15) is 0 Å². The second kappa shape index (κ2) is 5.81. The topological polar surface area (TPSA) is 91.0 Å². The summed E-state index contributed by atoms with van der Waals surface area (Å²) in [5.74, 6) is 0.119. The van der Waals surface area contributed by atoms with Crippen LogP contribution >= 0.6 is 0 Å². The Labute approximate surface area is 118 Å². The number of rotatable bonds is 5. The van der Waals surface area contributed by atoms with Gasteiger partial charge in [0.15, 0.2) is 5.84 Å². The van der Waals surface area contributed by atoms with Crippen molar-refractivity contribution in [2.75, 3.05) is 19.0 Å². The van der Waals surface area contributed by atoms with Gasteiger partial charge in [0.25, 0.3) is 5.91 Å². The highest BCUT2D eigenvalue weighted by atomic mass is 16.4. The van der Waals surface area contributed by atoms with E-state index in [0.717, 1.165) is 18.5 Å². The van der Waals surface area contributed by atoms with Gasteiger partial charge in [0.1, 0.15) is 0 Å². The van der Waals surface area contributed by atoms with Crippen molar-refractivity contribution in [3.05, 3.63) is 29.8 Å². The second-order valence-corrected chi connectivity index (χ2v) is 5.26. The van der Waals surface area contributed by atoms with Crippen LogP contribution in [0.2, 0.25) is 0 Å². The van der Waals surface area contributed by atoms with Crippen molar-refractivity contribution >= 4 is 17.4 Å². The van der Waals surface area contributed by atoms with Gasteiger partial charge >= 0.3 is 0 Å². The fourth-order valence-corrected chi connectivity index (χ4v) is 2.07. The summed E-state index contributed by atoms with van der Waals surface area (Å²) in [5.41, 5.74) is 7.15. The number of benzene rings is 1. The summed E-state index contributed by atoms with van der Waals surface area (Å²) in [6.07, 6.45) is 1.97. The van der Waals surface area contributed by atoms with Crippen molar-refractivity contribution in [2.24, 2.45) is 16.8 Å². The molecule has 0 aliphatic heterocycles. The quantitative estimate of drug-likeness (QED) is 0.324. The lowest BCUT2D eigenvalue weighted by Crippen LogP contribution is -2.46. The summed E-state index contributed by atoms with van der Waals surface area (Å²) in [5, 5.41) is 14.6. The summed E-state index contributed by atoms with van der Waals surface area (Å²) < 4.78 is 0. The van der Waals surface area contributed by atoms with E-state index in [2.05, 4.69) is 10.5 Å². The molecule has 108 valence electrons.